The number of hydrogen-bond donors (Lipinski definition) is 3. The first-order valence-electron chi connectivity index (χ1n) is 8.88. The van der Waals surface area contributed by atoms with Crippen molar-refractivity contribution in [2.75, 3.05) is 26.3 Å². The highest BCUT2D eigenvalue weighted by Crippen LogP contribution is 2.15. The highest BCUT2D eigenvalue weighted by molar-refractivity contribution is 14.0. The number of guanidine groups is 1. The molecule has 0 bridgehead atoms. The van der Waals surface area contributed by atoms with Crippen LogP contribution in [0.3, 0.4) is 0 Å². The summed E-state index contributed by atoms with van der Waals surface area (Å²) in [6.07, 6.45) is 3.63. The van der Waals surface area contributed by atoms with Gasteiger partial charge in [0, 0.05) is 31.9 Å². The second kappa shape index (κ2) is 13.5. The standard InChI is InChI=1S/C18H28N6O.HI/c1-3-19-18(20-10-5-6-11-25-4-2)21-13-15-8-7-9-16(12-15)17-22-14-23-24-17;/h7-9,12,14H,3-6,10-11,13H2,1-2H3,(H2,19,20,21)(H,22,23,24);1H. The molecule has 0 aliphatic carbocycles. The van der Waals surface area contributed by atoms with E-state index in [-0.39, 0.29) is 24.0 Å². The molecule has 0 radical (unpaired) electrons. The second-order valence-electron chi connectivity index (χ2n) is 5.56. The molecule has 0 amide bonds. The molecule has 0 atom stereocenters. The summed E-state index contributed by atoms with van der Waals surface area (Å²) in [5.74, 6) is 1.61. The van der Waals surface area contributed by atoms with E-state index < -0.39 is 0 Å². The third kappa shape index (κ3) is 8.13. The molecule has 0 saturated carbocycles. The normalized spacial score (nSPS) is 11.1. The van der Waals surface area contributed by atoms with Crippen LogP contribution in [-0.4, -0.2) is 47.4 Å². The predicted octanol–water partition coefficient (Wildman–Crippen LogP) is 2.96. The molecule has 7 nitrogen and oxygen atoms in total. The maximum atomic E-state index is 5.35. The summed E-state index contributed by atoms with van der Waals surface area (Å²) in [6.45, 7) is 8.02. The van der Waals surface area contributed by atoms with E-state index in [2.05, 4.69) is 49.9 Å². The summed E-state index contributed by atoms with van der Waals surface area (Å²) in [4.78, 5) is 8.84. The fourth-order valence-electron chi connectivity index (χ4n) is 2.35. The van der Waals surface area contributed by atoms with Gasteiger partial charge in [-0.05, 0) is 38.3 Å². The van der Waals surface area contributed by atoms with Crippen molar-refractivity contribution in [3.05, 3.63) is 36.2 Å². The van der Waals surface area contributed by atoms with Crippen LogP contribution in [-0.2, 0) is 11.3 Å². The lowest BCUT2D eigenvalue weighted by Crippen LogP contribution is -2.37. The van der Waals surface area contributed by atoms with E-state index in [1.165, 1.54) is 6.33 Å². The first kappa shape index (κ1) is 22.4. The lowest BCUT2D eigenvalue weighted by molar-refractivity contribution is 0.143. The quantitative estimate of drug-likeness (QED) is 0.214. The summed E-state index contributed by atoms with van der Waals surface area (Å²) in [5, 5.41) is 13.4. The fraction of sp³-hybridized carbons (Fsp3) is 0.500. The Bertz CT molecular complexity index is 632. The molecule has 1 aromatic heterocycles. The molecule has 0 spiro atoms. The molecule has 1 aromatic carbocycles. The third-order valence-corrected chi connectivity index (χ3v) is 3.59. The lowest BCUT2D eigenvalue weighted by atomic mass is 10.1. The number of ether oxygens (including phenoxy) is 1. The Kier molecular flexibility index (Phi) is 11.6. The molecule has 2 rings (SSSR count). The number of aliphatic imine (C=N–C) groups is 1. The van der Waals surface area contributed by atoms with E-state index >= 15 is 0 Å². The van der Waals surface area contributed by atoms with Gasteiger partial charge in [-0.3, -0.25) is 5.10 Å². The number of rotatable bonds is 10. The van der Waals surface area contributed by atoms with Gasteiger partial charge in [0.2, 0.25) is 0 Å². The molecule has 0 unspecified atom stereocenters. The van der Waals surface area contributed by atoms with E-state index in [0.717, 1.165) is 62.1 Å². The van der Waals surface area contributed by atoms with Gasteiger partial charge in [-0.2, -0.15) is 5.10 Å². The first-order chi connectivity index (χ1) is 12.3. The number of aromatic amines is 1. The van der Waals surface area contributed by atoms with Crippen molar-refractivity contribution < 1.29 is 4.74 Å². The SMILES string of the molecule is CCNC(=NCc1cccc(-c2ncn[nH]2)c1)NCCCCOCC.I. The van der Waals surface area contributed by atoms with Crippen molar-refractivity contribution in [3.63, 3.8) is 0 Å². The van der Waals surface area contributed by atoms with E-state index in [1.807, 2.05) is 19.1 Å². The van der Waals surface area contributed by atoms with E-state index in [9.17, 15) is 0 Å². The maximum absolute atomic E-state index is 5.35. The average Bonchev–Trinajstić information content (AvgIpc) is 3.17. The number of benzene rings is 1. The van der Waals surface area contributed by atoms with Crippen LogP contribution >= 0.6 is 24.0 Å². The molecule has 3 N–H and O–H groups in total. The minimum atomic E-state index is 0. The lowest BCUT2D eigenvalue weighted by Gasteiger charge is -2.11. The zero-order chi connectivity index (χ0) is 17.7. The Balaban J connectivity index is 0.00000338. The molecule has 144 valence electrons. The minimum Gasteiger partial charge on any atom is -0.382 e. The molecule has 8 heteroatoms. The van der Waals surface area contributed by atoms with Crippen LogP contribution in [0, 0.1) is 0 Å². The van der Waals surface area contributed by atoms with Gasteiger partial charge < -0.3 is 15.4 Å². The molecule has 26 heavy (non-hydrogen) atoms. The Labute approximate surface area is 172 Å². The summed E-state index contributed by atoms with van der Waals surface area (Å²) < 4.78 is 5.35. The number of aromatic nitrogens is 3. The first-order valence-corrected chi connectivity index (χ1v) is 8.88. The third-order valence-electron chi connectivity index (χ3n) is 3.59. The van der Waals surface area contributed by atoms with Crippen LogP contribution in [0.25, 0.3) is 11.4 Å². The van der Waals surface area contributed by atoms with Crippen LogP contribution in [0.15, 0.2) is 35.6 Å². The molecular weight excluding hydrogens is 443 g/mol. The van der Waals surface area contributed by atoms with Gasteiger partial charge in [-0.25, -0.2) is 9.98 Å². The predicted molar refractivity (Wildman–Crippen MR) is 116 cm³/mol. The van der Waals surface area contributed by atoms with E-state index in [0.29, 0.717) is 6.54 Å². The zero-order valence-corrected chi connectivity index (χ0v) is 17.8. The number of hydrogen-bond acceptors (Lipinski definition) is 4. The molecular formula is C18H29IN6O. The highest BCUT2D eigenvalue weighted by atomic mass is 127. The number of nitrogens with zero attached hydrogens (tertiary/aromatic N) is 3. The van der Waals surface area contributed by atoms with Crippen molar-refractivity contribution >= 4 is 29.9 Å². The molecule has 0 aliphatic rings. The van der Waals surface area contributed by atoms with Crippen LogP contribution in [0.1, 0.15) is 32.3 Å². The molecule has 1 heterocycles. The largest absolute Gasteiger partial charge is 0.382 e. The number of nitrogens with one attached hydrogen (secondary N) is 3. The average molecular weight is 472 g/mol. The topological polar surface area (TPSA) is 87.2 Å². The van der Waals surface area contributed by atoms with E-state index in [4.69, 9.17) is 4.74 Å². The van der Waals surface area contributed by atoms with Gasteiger partial charge in [-0.15, -0.1) is 24.0 Å². The van der Waals surface area contributed by atoms with Gasteiger partial charge in [0.15, 0.2) is 11.8 Å². The smallest absolute Gasteiger partial charge is 0.191 e. The number of H-pyrrole nitrogens is 1. The Morgan fingerprint density at radius 1 is 1.23 bits per heavy atom. The van der Waals surface area contributed by atoms with E-state index in [1.54, 1.807) is 0 Å². The summed E-state index contributed by atoms with van der Waals surface area (Å²) >= 11 is 0. The molecule has 0 aliphatic heterocycles. The van der Waals surface area contributed by atoms with Crippen molar-refractivity contribution in [2.24, 2.45) is 4.99 Å². The van der Waals surface area contributed by atoms with Crippen molar-refractivity contribution in [1.82, 2.24) is 25.8 Å². The minimum absolute atomic E-state index is 0. The van der Waals surface area contributed by atoms with Gasteiger partial charge >= 0.3 is 0 Å². The second-order valence-corrected chi connectivity index (χ2v) is 5.56. The zero-order valence-electron chi connectivity index (χ0n) is 15.5. The Morgan fingerprint density at radius 3 is 2.85 bits per heavy atom. The molecule has 0 saturated heterocycles. The van der Waals surface area contributed by atoms with Gasteiger partial charge in [0.25, 0.3) is 0 Å². The summed E-state index contributed by atoms with van der Waals surface area (Å²) in [7, 11) is 0. The Morgan fingerprint density at radius 2 is 2.12 bits per heavy atom. The molecule has 0 fully saturated rings. The summed E-state index contributed by atoms with van der Waals surface area (Å²) in [6, 6.07) is 8.16. The van der Waals surface area contributed by atoms with Crippen LogP contribution in [0.5, 0.6) is 0 Å². The van der Waals surface area contributed by atoms with Crippen LogP contribution in [0.2, 0.25) is 0 Å². The number of unbranched alkanes of at least 4 members (excludes halogenated alkanes) is 1. The van der Waals surface area contributed by atoms with Gasteiger partial charge in [0.05, 0.1) is 6.54 Å². The van der Waals surface area contributed by atoms with Gasteiger partial charge in [0.1, 0.15) is 6.33 Å². The van der Waals surface area contributed by atoms with Crippen molar-refractivity contribution in [2.45, 2.75) is 33.2 Å². The van der Waals surface area contributed by atoms with Crippen molar-refractivity contribution in [3.8, 4) is 11.4 Å². The molecule has 2 aromatic rings. The van der Waals surface area contributed by atoms with Crippen LogP contribution < -0.4 is 10.6 Å². The van der Waals surface area contributed by atoms with Gasteiger partial charge in [-0.1, -0.05) is 18.2 Å². The summed E-state index contributed by atoms with van der Waals surface area (Å²) in [5.41, 5.74) is 2.14. The maximum Gasteiger partial charge on any atom is 0.191 e. The van der Waals surface area contributed by atoms with Crippen LogP contribution in [0.4, 0.5) is 0 Å². The number of halogens is 1. The Hall–Kier alpha value is -1.68. The monoisotopic (exact) mass is 472 g/mol. The highest BCUT2D eigenvalue weighted by Gasteiger charge is 2.02. The van der Waals surface area contributed by atoms with Crippen molar-refractivity contribution in [1.29, 1.82) is 0 Å². The fourth-order valence-corrected chi connectivity index (χ4v) is 2.35.